The molecule has 0 aromatic heterocycles. The van der Waals surface area contributed by atoms with Crippen molar-refractivity contribution in [2.75, 3.05) is 12.3 Å². The molecule has 0 amide bonds. The van der Waals surface area contributed by atoms with E-state index >= 15 is 0 Å². The highest BCUT2D eigenvalue weighted by molar-refractivity contribution is 6.17. The summed E-state index contributed by atoms with van der Waals surface area (Å²) in [5, 5.41) is 0. The van der Waals surface area contributed by atoms with Gasteiger partial charge in [-0.2, -0.15) is 0 Å². The molecule has 0 atom stereocenters. The highest BCUT2D eigenvalue weighted by Crippen LogP contribution is 2.22. The number of halogens is 1. The Hall–Kier alpha value is -0.890. The lowest BCUT2D eigenvalue weighted by atomic mass is 10.2. The summed E-state index contributed by atoms with van der Waals surface area (Å²) >= 11 is 5.70. The van der Waals surface area contributed by atoms with Crippen molar-refractivity contribution < 1.29 is 4.74 Å². The number of benzene rings is 1. The van der Waals surface area contributed by atoms with Crippen LogP contribution in [0.2, 0.25) is 0 Å². The number of alkyl halides is 1. The molecule has 1 rings (SSSR count). The molecular weight excluding hydrogens is 174 g/mol. The van der Waals surface area contributed by atoms with Crippen molar-refractivity contribution in [3.05, 3.63) is 23.8 Å². The molecular formula is C9H12ClNO. The summed E-state index contributed by atoms with van der Waals surface area (Å²) in [4.78, 5) is 0. The second kappa shape index (κ2) is 4.21. The normalized spacial score (nSPS) is 9.83. The smallest absolute Gasteiger partial charge is 0.123 e. The fraction of sp³-hybridized carbons (Fsp3) is 0.333. The monoisotopic (exact) mass is 185 g/mol. The van der Waals surface area contributed by atoms with Gasteiger partial charge in [-0.1, -0.05) is 0 Å². The molecule has 0 aliphatic carbocycles. The van der Waals surface area contributed by atoms with Crippen LogP contribution in [0.15, 0.2) is 18.2 Å². The molecule has 0 spiro atoms. The van der Waals surface area contributed by atoms with E-state index in [4.69, 9.17) is 22.1 Å². The van der Waals surface area contributed by atoms with Gasteiger partial charge in [-0.3, -0.25) is 0 Å². The van der Waals surface area contributed by atoms with Crippen LogP contribution in [-0.4, -0.2) is 6.61 Å². The first-order chi connectivity index (χ1) is 5.77. The molecule has 0 saturated heterocycles. The molecule has 66 valence electrons. The Kier molecular flexibility index (Phi) is 3.23. The SMILES string of the molecule is CCOc1ccc(N)cc1CCl. The van der Waals surface area contributed by atoms with Gasteiger partial charge in [0.05, 0.1) is 12.5 Å². The van der Waals surface area contributed by atoms with Crippen molar-refractivity contribution in [2.24, 2.45) is 0 Å². The number of nitrogen functional groups attached to an aromatic ring is 1. The van der Waals surface area contributed by atoms with Gasteiger partial charge < -0.3 is 10.5 Å². The topological polar surface area (TPSA) is 35.2 Å². The number of nitrogens with two attached hydrogens (primary N) is 1. The second-order valence-corrected chi connectivity index (χ2v) is 2.70. The van der Waals surface area contributed by atoms with Gasteiger partial charge in [0, 0.05) is 11.3 Å². The van der Waals surface area contributed by atoms with Crippen molar-refractivity contribution in [1.29, 1.82) is 0 Å². The first-order valence-electron chi connectivity index (χ1n) is 3.85. The van der Waals surface area contributed by atoms with Gasteiger partial charge in [0.15, 0.2) is 0 Å². The van der Waals surface area contributed by atoms with Crippen LogP contribution >= 0.6 is 11.6 Å². The molecule has 1 aromatic rings. The molecule has 0 aliphatic heterocycles. The van der Waals surface area contributed by atoms with E-state index in [9.17, 15) is 0 Å². The van der Waals surface area contributed by atoms with Gasteiger partial charge in [0.1, 0.15) is 5.75 Å². The lowest BCUT2D eigenvalue weighted by Gasteiger charge is -2.07. The standard InChI is InChI=1S/C9H12ClNO/c1-2-12-9-4-3-8(11)5-7(9)6-10/h3-5H,2,6,11H2,1H3. The zero-order valence-electron chi connectivity index (χ0n) is 7.01. The van der Waals surface area contributed by atoms with Crippen molar-refractivity contribution in [2.45, 2.75) is 12.8 Å². The molecule has 0 bridgehead atoms. The van der Waals surface area contributed by atoms with E-state index in [0.717, 1.165) is 11.3 Å². The lowest BCUT2D eigenvalue weighted by molar-refractivity contribution is 0.337. The van der Waals surface area contributed by atoms with Crippen LogP contribution in [0.25, 0.3) is 0 Å². The number of ether oxygens (including phenoxy) is 1. The zero-order chi connectivity index (χ0) is 8.97. The number of anilines is 1. The van der Waals surface area contributed by atoms with Crippen molar-refractivity contribution in [1.82, 2.24) is 0 Å². The number of rotatable bonds is 3. The third kappa shape index (κ3) is 2.05. The minimum atomic E-state index is 0.431. The minimum absolute atomic E-state index is 0.431. The van der Waals surface area contributed by atoms with E-state index in [1.807, 2.05) is 19.1 Å². The Bertz CT molecular complexity index is 263. The van der Waals surface area contributed by atoms with E-state index in [2.05, 4.69) is 0 Å². The Morgan fingerprint density at radius 2 is 2.25 bits per heavy atom. The molecule has 0 saturated carbocycles. The molecule has 0 unspecified atom stereocenters. The average Bonchev–Trinajstić information content (AvgIpc) is 2.08. The quantitative estimate of drug-likeness (QED) is 0.580. The van der Waals surface area contributed by atoms with E-state index in [-0.39, 0.29) is 0 Å². The third-order valence-corrected chi connectivity index (χ3v) is 1.82. The van der Waals surface area contributed by atoms with Crippen LogP contribution in [0.1, 0.15) is 12.5 Å². The van der Waals surface area contributed by atoms with Gasteiger partial charge in [0.25, 0.3) is 0 Å². The molecule has 12 heavy (non-hydrogen) atoms. The predicted molar refractivity (Wildman–Crippen MR) is 51.6 cm³/mol. The fourth-order valence-corrected chi connectivity index (χ4v) is 1.21. The summed E-state index contributed by atoms with van der Waals surface area (Å²) in [5.74, 6) is 1.25. The van der Waals surface area contributed by atoms with E-state index in [1.54, 1.807) is 6.07 Å². The van der Waals surface area contributed by atoms with Crippen LogP contribution in [-0.2, 0) is 5.88 Å². The Labute approximate surface area is 77.3 Å². The van der Waals surface area contributed by atoms with Gasteiger partial charge >= 0.3 is 0 Å². The van der Waals surface area contributed by atoms with Crippen molar-refractivity contribution in [3.63, 3.8) is 0 Å². The molecule has 2 nitrogen and oxygen atoms in total. The maximum atomic E-state index is 5.70. The highest BCUT2D eigenvalue weighted by Gasteiger charge is 2.01. The number of hydrogen-bond donors (Lipinski definition) is 1. The van der Waals surface area contributed by atoms with E-state index in [1.165, 1.54) is 0 Å². The third-order valence-electron chi connectivity index (χ3n) is 1.53. The van der Waals surface area contributed by atoms with E-state index < -0.39 is 0 Å². The second-order valence-electron chi connectivity index (χ2n) is 2.43. The summed E-state index contributed by atoms with van der Waals surface area (Å²) in [6, 6.07) is 5.48. The highest BCUT2D eigenvalue weighted by atomic mass is 35.5. The van der Waals surface area contributed by atoms with Crippen molar-refractivity contribution >= 4 is 17.3 Å². The van der Waals surface area contributed by atoms with Crippen molar-refractivity contribution in [3.8, 4) is 5.75 Å². The minimum Gasteiger partial charge on any atom is -0.494 e. The number of hydrogen-bond acceptors (Lipinski definition) is 2. The van der Waals surface area contributed by atoms with Gasteiger partial charge in [0.2, 0.25) is 0 Å². The fourth-order valence-electron chi connectivity index (χ4n) is 1.00. The molecule has 2 N–H and O–H groups in total. The summed E-state index contributed by atoms with van der Waals surface area (Å²) < 4.78 is 5.34. The summed E-state index contributed by atoms with van der Waals surface area (Å²) in [6.07, 6.45) is 0. The maximum Gasteiger partial charge on any atom is 0.123 e. The average molecular weight is 186 g/mol. The molecule has 0 heterocycles. The summed E-state index contributed by atoms with van der Waals surface area (Å²) in [5.41, 5.74) is 7.24. The molecule has 0 radical (unpaired) electrons. The van der Waals surface area contributed by atoms with Crippen LogP contribution in [0.3, 0.4) is 0 Å². The molecule has 1 aromatic carbocycles. The molecule has 0 aliphatic rings. The van der Waals surface area contributed by atoms with Crippen LogP contribution in [0.5, 0.6) is 5.75 Å². The largest absolute Gasteiger partial charge is 0.494 e. The Morgan fingerprint density at radius 1 is 1.50 bits per heavy atom. The first kappa shape index (κ1) is 9.20. The predicted octanol–water partition coefficient (Wildman–Crippen LogP) is 2.41. The Balaban J connectivity index is 2.94. The first-order valence-corrected chi connectivity index (χ1v) is 4.38. The maximum absolute atomic E-state index is 5.70. The summed E-state index contributed by atoms with van der Waals surface area (Å²) in [7, 11) is 0. The molecule has 0 fully saturated rings. The van der Waals surface area contributed by atoms with Crippen LogP contribution in [0.4, 0.5) is 5.69 Å². The zero-order valence-corrected chi connectivity index (χ0v) is 7.77. The van der Waals surface area contributed by atoms with E-state index in [0.29, 0.717) is 18.2 Å². The molecule has 3 heteroatoms. The van der Waals surface area contributed by atoms with Gasteiger partial charge in [-0.25, -0.2) is 0 Å². The van der Waals surface area contributed by atoms with Crippen LogP contribution < -0.4 is 10.5 Å². The summed E-state index contributed by atoms with van der Waals surface area (Å²) in [6.45, 7) is 2.59. The Morgan fingerprint density at radius 3 is 2.83 bits per heavy atom. The van der Waals surface area contributed by atoms with Crippen LogP contribution in [0, 0.1) is 0 Å². The van der Waals surface area contributed by atoms with Gasteiger partial charge in [-0.05, 0) is 25.1 Å². The lowest BCUT2D eigenvalue weighted by Crippen LogP contribution is -1.96. The van der Waals surface area contributed by atoms with Gasteiger partial charge in [-0.15, -0.1) is 11.6 Å².